The molecule has 15 heteroatoms. The van der Waals surface area contributed by atoms with Gasteiger partial charge in [-0.05, 0) is 61.3 Å². The zero-order valence-corrected chi connectivity index (χ0v) is 28.6. The minimum Gasteiger partial charge on any atom is -0.461 e. The number of ether oxygens (including phenoxy) is 2. The summed E-state index contributed by atoms with van der Waals surface area (Å²) in [4.78, 5) is 78.8. The van der Waals surface area contributed by atoms with Crippen LogP contribution in [0.5, 0.6) is 0 Å². The zero-order chi connectivity index (χ0) is 36.8. The molecule has 0 saturated carbocycles. The van der Waals surface area contributed by atoms with Gasteiger partial charge in [0.1, 0.15) is 24.7 Å². The molecule has 5 amide bonds. The van der Waals surface area contributed by atoms with Crippen LogP contribution in [0.4, 0.5) is 9.59 Å². The van der Waals surface area contributed by atoms with Crippen molar-refractivity contribution in [2.45, 2.75) is 83.5 Å². The number of alkyl carbamates (subject to hydrolysis) is 1. The van der Waals surface area contributed by atoms with Crippen LogP contribution in [0.1, 0.15) is 70.4 Å². The van der Waals surface area contributed by atoms with Gasteiger partial charge in [-0.3, -0.25) is 14.4 Å². The number of hydrogen-bond acceptors (Lipinski definition) is 8. The van der Waals surface area contributed by atoms with E-state index in [0.717, 1.165) is 22.3 Å². The van der Waals surface area contributed by atoms with Crippen LogP contribution in [0.2, 0.25) is 0 Å². The van der Waals surface area contributed by atoms with Gasteiger partial charge in [0.05, 0.1) is 6.10 Å². The number of nitrogens with two attached hydrogens (primary N) is 1. The van der Waals surface area contributed by atoms with Gasteiger partial charge in [0.15, 0.2) is 0 Å². The highest BCUT2D eigenvalue weighted by Crippen LogP contribution is 2.44. The topological polar surface area (TPSA) is 231 Å². The SMILES string of the molecule is CC(C)OC(=O)C(CCC(=O)C=[N+]=[N-])NC(=O)C(CCCNC(N)=O)NC(=O)C(NC(=O)OCC1c2ccccc2-c2ccccc21)C(C)C. The number of rotatable bonds is 18. The van der Waals surface area contributed by atoms with E-state index in [1.165, 1.54) is 0 Å². The lowest BCUT2D eigenvalue weighted by atomic mass is 9.98. The number of ketones is 1. The van der Waals surface area contributed by atoms with E-state index in [4.69, 9.17) is 20.7 Å². The van der Waals surface area contributed by atoms with Crippen molar-refractivity contribution in [2.75, 3.05) is 13.2 Å². The van der Waals surface area contributed by atoms with Crippen molar-refractivity contribution >= 4 is 41.9 Å². The van der Waals surface area contributed by atoms with Gasteiger partial charge < -0.3 is 42.0 Å². The second-order valence-corrected chi connectivity index (χ2v) is 12.5. The van der Waals surface area contributed by atoms with Crippen molar-refractivity contribution in [2.24, 2.45) is 11.7 Å². The normalized spacial score (nSPS) is 13.5. The summed E-state index contributed by atoms with van der Waals surface area (Å²) < 4.78 is 10.9. The summed E-state index contributed by atoms with van der Waals surface area (Å²) in [6.07, 6.45) is -0.874. The Balaban J connectivity index is 1.72. The number of fused-ring (bicyclic) bond motifs is 3. The van der Waals surface area contributed by atoms with Crippen molar-refractivity contribution < 1.29 is 43.0 Å². The van der Waals surface area contributed by atoms with Gasteiger partial charge in [0, 0.05) is 18.9 Å². The molecule has 2 aromatic carbocycles. The quantitative estimate of drug-likeness (QED) is 0.0511. The number of Topliss-reactive ketones (excluding diaryl/α,β-unsaturated/α-hetero) is 1. The number of hydrogen-bond donors (Lipinski definition) is 5. The van der Waals surface area contributed by atoms with Crippen LogP contribution in [-0.4, -0.2) is 84.1 Å². The first kappa shape index (κ1) is 38.9. The molecule has 0 saturated heterocycles. The molecule has 2 aromatic rings. The van der Waals surface area contributed by atoms with Crippen LogP contribution < -0.4 is 27.0 Å². The first-order chi connectivity index (χ1) is 23.8. The van der Waals surface area contributed by atoms with Gasteiger partial charge in [0.25, 0.3) is 0 Å². The van der Waals surface area contributed by atoms with Gasteiger partial charge in [-0.2, -0.15) is 4.79 Å². The van der Waals surface area contributed by atoms with E-state index >= 15 is 0 Å². The Kier molecular flexibility index (Phi) is 14.7. The Morgan fingerprint density at radius 2 is 1.46 bits per heavy atom. The first-order valence-electron chi connectivity index (χ1n) is 16.5. The number of nitrogens with one attached hydrogen (secondary N) is 4. The van der Waals surface area contributed by atoms with Crippen LogP contribution in [0.25, 0.3) is 16.7 Å². The number of nitrogens with zero attached hydrogens (tertiary/aromatic N) is 2. The predicted octanol–water partition coefficient (Wildman–Crippen LogP) is 2.57. The predicted molar refractivity (Wildman–Crippen MR) is 183 cm³/mol. The molecule has 1 aliphatic rings. The van der Waals surface area contributed by atoms with Gasteiger partial charge in [0.2, 0.25) is 17.6 Å². The van der Waals surface area contributed by atoms with E-state index in [9.17, 15) is 28.8 Å². The van der Waals surface area contributed by atoms with Gasteiger partial charge in [-0.15, -0.1) is 0 Å². The minimum absolute atomic E-state index is 0.00959. The fourth-order valence-electron chi connectivity index (χ4n) is 5.60. The molecule has 0 radical (unpaired) electrons. The fraction of sp³-hybridized carbons (Fsp3) is 0.457. The lowest BCUT2D eigenvalue weighted by molar-refractivity contribution is -0.152. The number of carbonyl (C=O) groups is 6. The third kappa shape index (κ3) is 11.3. The maximum atomic E-state index is 13.6. The molecule has 3 atom stereocenters. The Hall–Kier alpha value is -5.56. The lowest BCUT2D eigenvalue weighted by Crippen LogP contribution is -2.57. The van der Waals surface area contributed by atoms with Crippen LogP contribution in [0, 0.1) is 5.92 Å². The summed E-state index contributed by atoms with van der Waals surface area (Å²) in [7, 11) is 0. The van der Waals surface area contributed by atoms with Crippen LogP contribution in [-0.2, 0) is 28.7 Å². The highest BCUT2D eigenvalue weighted by molar-refractivity contribution is 6.25. The minimum atomic E-state index is -1.27. The van der Waals surface area contributed by atoms with Gasteiger partial charge in [-0.1, -0.05) is 62.4 Å². The lowest BCUT2D eigenvalue weighted by Gasteiger charge is -2.27. The van der Waals surface area contributed by atoms with Crippen molar-refractivity contribution in [1.29, 1.82) is 0 Å². The van der Waals surface area contributed by atoms with Crippen molar-refractivity contribution in [3.63, 3.8) is 0 Å². The molecular weight excluding hydrogens is 646 g/mol. The summed E-state index contributed by atoms with van der Waals surface area (Å²) in [5.41, 5.74) is 18.0. The van der Waals surface area contributed by atoms with Crippen LogP contribution >= 0.6 is 0 Å². The number of esters is 1. The standard InChI is InChI=1S/C35H45N7O8/c1-20(2)30(42-35(48)49-19-27-25-12-7-5-10-23(25)24-11-6-8-13-26(24)27)32(45)40-28(14-9-17-38-34(36)47)31(44)41-29(33(46)50-21(3)4)16-15-22(43)18-39-37/h5-8,10-13,18,20-21,27-30H,9,14-17,19H2,1-4H3,(H,40,45)(H,41,44)(H,42,48)(H3,36,38,47). The molecule has 3 rings (SSSR count). The second-order valence-electron chi connectivity index (χ2n) is 12.5. The van der Waals surface area contributed by atoms with Crippen molar-refractivity contribution in [1.82, 2.24) is 21.3 Å². The Bertz CT molecular complexity index is 1560. The third-order valence-corrected chi connectivity index (χ3v) is 8.00. The second kappa shape index (κ2) is 18.8. The zero-order valence-electron chi connectivity index (χ0n) is 28.6. The smallest absolute Gasteiger partial charge is 0.407 e. The Morgan fingerprint density at radius 3 is 2.02 bits per heavy atom. The van der Waals surface area contributed by atoms with Crippen LogP contribution in [0.3, 0.4) is 0 Å². The van der Waals surface area contributed by atoms with E-state index in [-0.39, 0.29) is 44.8 Å². The number of urea groups is 1. The molecule has 50 heavy (non-hydrogen) atoms. The molecule has 0 heterocycles. The number of benzene rings is 2. The molecule has 0 bridgehead atoms. The molecule has 0 aliphatic heterocycles. The van der Waals surface area contributed by atoms with Crippen LogP contribution in [0.15, 0.2) is 48.5 Å². The largest absolute Gasteiger partial charge is 0.461 e. The molecule has 0 fully saturated rings. The average Bonchev–Trinajstić information content (AvgIpc) is 3.38. The summed E-state index contributed by atoms with van der Waals surface area (Å²) in [5.74, 6) is -3.47. The van der Waals surface area contributed by atoms with Gasteiger partial charge in [-0.25, -0.2) is 14.4 Å². The Labute approximate surface area is 290 Å². The number of primary amides is 1. The summed E-state index contributed by atoms with van der Waals surface area (Å²) in [6, 6.07) is 11.4. The molecule has 3 unspecified atom stereocenters. The van der Waals surface area contributed by atoms with Gasteiger partial charge >= 0.3 is 24.3 Å². The molecule has 268 valence electrons. The van der Waals surface area contributed by atoms with Crippen molar-refractivity contribution in [3.05, 3.63) is 65.2 Å². The Morgan fingerprint density at radius 1 is 0.860 bits per heavy atom. The van der Waals surface area contributed by atoms with E-state index < -0.39 is 65.8 Å². The molecule has 6 N–H and O–H groups in total. The number of carbonyl (C=O) groups excluding carboxylic acids is 6. The average molecular weight is 692 g/mol. The summed E-state index contributed by atoms with van der Waals surface area (Å²) in [5, 5.41) is 10.2. The molecular formula is C35H45N7O8. The molecule has 0 aromatic heterocycles. The van der Waals surface area contributed by atoms with E-state index in [0.29, 0.717) is 6.21 Å². The van der Waals surface area contributed by atoms with Crippen molar-refractivity contribution in [3.8, 4) is 11.1 Å². The number of amides is 5. The molecule has 15 nitrogen and oxygen atoms in total. The summed E-state index contributed by atoms with van der Waals surface area (Å²) >= 11 is 0. The van der Waals surface area contributed by atoms with E-state index in [1.54, 1.807) is 27.7 Å². The molecule has 0 spiro atoms. The highest BCUT2D eigenvalue weighted by atomic mass is 16.6. The van der Waals surface area contributed by atoms with E-state index in [2.05, 4.69) is 26.1 Å². The fourth-order valence-corrected chi connectivity index (χ4v) is 5.60. The maximum Gasteiger partial charge on any atom is 0.407 e. The highest BCUT2D eigenvalue weighted by Gasteiger charge is 2.33. The van der Waals surface area contributed by atoms with E-state index in [1.807, 2.05) is 48.5 Å². The summed E-state index contributed by atoms with van der Waals surface area (Å²) in [6.45, 7) is 6.78. The molecule has 1 aliphatic carbocycles. The monoisotopic (exact) mass is 691 g/mol. The maximum absolute atomic E-state index is 13.6. The third-order valence-electron chi connectivity index (χ3n) is 8.00. The first-order valence-corrected chi connectivity index (χ1v) is 16.5.